The third-order valence-corrected chi connectivity index (χ3v) is 3.10. The molecule has 0 radical (unpaired) electrons. The number of aryl methyl sites for hydroxylation is 1. The standard InChI is InChI=1S/C12H12BrFN2/c1-12(14,11-15-6-7-16(11)2)9-4-3-5-10(13)8-9/h3-8H,1-2H3. The van der Waals surface area contributed by atoms with E-state index in [2.05, 4.69) is 20.9 Å². The Kier molecular flexibility index (Phi) is 2.84. The first-order chi connectivity index (χ1) is 7.51. The lowest BCUT2D eigenvalue weighted by atomic mass is 9.97. The number of rotatable bonds is 2. The monoisotopic (exact) mass is 282 g/mol. The SMILES string of the molecule is Cn1ccnc1C(C)(F)c1cccc(Br)c1. The summed E-state index contributed by atoms with van der Waals surface area (Å²) in [5.41, 5.74) is -0.988. The smallest absolute Gasteiger partial charge is 0.190 e. The fraction of sp³-hybridized carbons (Fsp3) is 0.250. The molecule has 84 valence electrons. The second kappa shape index (κ2) is 4.01. The fourth-order valence-electron chi connectivity index (χ4n) is 1.73. The Morgan fingerprint density at radius 1 is 1.44 bits per heavy atom. The molecule has 0 aliphatic heterocycles. The van der Waals surface area contributed by atoms with Crippen LogP contribution < -0.4 is 0 Å². The molecule has 0 bridgehead atoms. The van der Waals surface area contributed by atoms with Gasteiger partial charge in [-0.25, -0.2) is 9.37 Å². The van der Waals surface area contributed by atoms with E-state index >= 15 is 0 Å². The van der Waals surface area contributed by atoms with Gasteiger partial charge in [0.05, 0.1) is 0 Å². The van der Waals surface area contributed by atoms with E-state index in [1.807, 2.05) is 12.1 Å². The molecule has 16 heavy (non-hydrogen) atoms. The predicted molar refractivity (Wildman–Crippen MR) is 64.9 cm³/mol. The number of benzene rings is 1. The molecule has 2 nitrogen and oxygen atoms in total. The summed E-state index contributed by atoms with van der Waals surface area (Å²) in [6.45, 7) is 1.52. The number of hydrogen-bond donors (Lipinski definition) is 0. The van der Waals surface area contributed by atoms with Crippen molar-refractivity contribution in [2.45, 2.75) is 12.6 Å². The van der Waals surface area contributed by atoms with Gasteiger partial charge in [0.25, 0.3) is 0 Å². The van der Waals surface area contributed by atoms with Gasteiger partial charge in [0, 0.05) is 23.9 Å². The van der Waals surface area contributed by atoms with Gasteiger partial charge in [-0.2, -0.15) is 0 Å². The maximum absolute atomic E-state index is 14.7. The van der Waals surface area contributed by atoms with Gasteiger partial charge in [0.1, 0.15) is 0 Å². The number of halogens is 2. The molecule has 1 aromatic heterocycles. The lowest BCUT2D eigenvalue weighted by Crippen LogP contribution is -2.21. The number of imidazole rings is 1. The summed E-state index contributed by atoms with van der Waals surface area (Å²) in [6, 6.07) is 7.23. The van der Waals surface area contributed by atoms with E-state index in [9.17, 15) is 4.39 Å². The summed E-state index contributed by atoms with van der Waals surface area (Å²) in [5, 5.41) is 0. The van der Waals surface area contributed by atoms with Gasteiger partial charge in [-0.1, -0.05) is 28.1 Å². The van der Waals surface area contributed by atoms with Crippen molar-refractivity contribution in [2.24, 2.45) is 7.05 Å². The van der Waals surface area contributed by atoms with Crippen LogP contribution in [0.15, 0.2) is 41.1 Å². The predicted octanol–water partition coefficient (Wildman–Crippen LogP) is 3.42. The lowest BCUT2D eigenvalue weighted by Gasteiger charge is -2.20. The van der Waals surface area contributed by atoms with Crippen LogP contribution in [0.25, 0.3) is 0 Å². The molecule has 0 aliphatic rings. The minimum absolute atomic E-state index is 0.408. The first-order valence-corrected chi connectivity index (χ1v) is 5.74. The number of nitrogens with zero attached hydrogens (tertiary/aromatic N) is 2. The van der Waals surface area contributed by atoms with Gasteiger partial charge in [-0.15, -0.1) is 0 Å². The Labute approximate surface area is 102 Å². The first kappa shape index (κ1) is 11.3. The molecule has 0 spiro atoms. The van der Waals surface area contributed by atoms with Crippen molar-refractivity contribution < 1.29 is 4.39 Å². The minimum Gasteiger partial charge on any atom is -0.335 e. The quantitative estimate of drug-likeness (QED) is 0.825. The largest absolute Gasteiger partial charge is 0.335 e. The highest BCUT2D eigenvalue weighted by Gasteiger charge is 2.32. The third kappa shape index (κ3) is 1.89. The molecule has 0 aliphatic carbocycles. The van der Waals surface area contributed by atoms with Crippen LogP contribution in [0.5, 0.6) is 0 Å². The average molecular weight is 283 g/mol. The van der Waals surface area contributed by atoms with E-state index in [1.165, 1.54) is 6.92 Å². The fourth-order valence-corrected chi connectivity index (χ4v) is 2.13. The second-order valence-electron chi connectivity index (χ2n) is 3.88. The maximum Gasteiger partial charge on any atom is 0.190 e. The van der Waals surface area contributed by atoms with Crippen molar-refractivity contribution in [3.8, 4) is 0 Å². The van der Waals surface area contributed by atoms with Crippen molar-refractivity contribution in [3.05, 3.63) is 52.5 Å². The van der Waals surface area contributed by atoms with Crippen LogP contribution in [0, 0.1) is 0 Å². The summed E-state index contributed by atoms with van der Waals surface area (Å²) in [4.78, 5) is 4.07. The highest BCUT2D eigenvalue weighted by atomic mass is 79.9. The molecule has 4 heteroatoms. The Hall–Kier alpha value is -1.16. The zero-order chi connectivity index (χ0) is 11.8. The van der Waals surface area contributed by atoms with Crippen LogP contribution in [-0.4, -0.2) is 9.55 Å². The lowest BCUT2D eigenvalue weighted by molar-refractivity contribution is 0.230. The van der Waals surface area contributed by atoms with Crippen LogP contribution in [0.1, 0.15) is 18.3 Å². The van der Waals surface area contributed by atoms with Crippen molar-refractivity contribution >= 4 is 15.9 Å². The highest BCUT2D eigenvalue weighted by Crippen LogP contribution is 2.33. The van der Waals surface area contributed by atoms with E-state index in [0.29, 0.717) is 11.4 Å². The summed E-state index contributed by atoms with van der Waals surface area (Å²) < 4.78 is 17.3. The molecule has 1 heterocycles. The molecule has 2 rings (SSSR count). The van der Waals surface area contributed by atoms with E-state index in [0.717, 1.165) is 4.47 Å². The van der Waals surface area contributed by atoms with E-state index in [1.54, 1.807) is 36.1 Å². The van der Waals surface area contributed by atoms with Gasteiger partial charge in [0.15, 0.2) is 11.5 Å². The van der Waals surface area contributed by atoms with Gasteiger partial charge < -0.3 is 4.57 Å². The third-order valence-electron chi connectivity index (χ3n) is 2.61. The zero-order valence-corrected chi connectivity index (χ0v) is 10.7. The molecule has 0 fully saturated rings. The first-order valence-electron chi connectivity index (χ1n) is 4.94. The van der Waals surface area contributed by atoms with E-state index in [-0.39, 0.29) is 0 Å². The summed E-state index contributed by atoms with van der Waals surface area (Å²) >= 11 is 3.34. The van der Waals surface area contributed by atoms with Crippen LogP contribution in [0.2, 0.25) is 0 Å². The molecule has 1 aromatic carbocycles. The summed E-state index contributed by atoms with van der Waals surface area (Å²) in [5.74, 6) is 0.408. The number of aromatic nitrogens is 2. The average Bonchev–Trinajstić information content (AvgIpc) is 2.65. The van der Waals surface area contributed by atoms with Crippen molar-refractivity contribution in [1.29, 1.82) is 0 Å². The van der Waals surface area contributed by atoms with Crippen LogP contribution in [0.4, 0.5) is 4.39 Å². The van der Waals surface area contributed by atoms with Gasteiger partial charge in [-0.3, -0.25) is 0 Å². The Morgan fingerprint density at radius 3 is 2.75 bits per heavy atom. The maximum atomic E-state index is 14.7. The van der Waals surface area contributed by atoms with Crippen LogP contribution in [0.3, 0.4) is 0 Å². The van der Waals surface area contributed by atoms with Crippen molar-refractivity contribution in [1.82, 2.24) is 9.55 Å². The molecule has 2 aromatic rings. The molecule has 0 N–H and O–H groups in total. The van der Waals surface area contributed by atoms with Gasteiger partial charge in [-0.05, 0) is 24.6 Å². The molecule has 1 atom stereocenters. The Bertz CT molecular complexity index is 505. The van der Waals surface area contributed by atoms with Crippen molar-refractivity contribution in [3.63, 3.8) is 0 Å². The van der Waals surface area contributed by atoms with E-state index < -0.39 is 5.67 Å². The number of alkyl halides is 1. The zero-order valence-electron chi connectivity index (χ0n) is 9.11. The topological polar surface area (TPSA) is 17.8 Å². The molecule has 0 saturated heterocycles. The van der Waals surface area contributed by atoms with Crippen molar-refractivity contribution in [2.75, 3.05) is 0 Å². The van der Waals surface area contributed by atoms with Gasteiger partial charge in [0.2, 0.25) is 0 Å². The molecule has 1 unspecified atom stereocenters. The van der Waals surface area contributed by atoms with E-state index in [4.69, 9.17) is 0 Å². The Balaban J connectivity index is 2.51. The summed E-state index contributed by atoms with van der Waals surface area (Å²) in [6.07, 6.45) is 3.34. The normalized spacial score (nSPS) is 14.8. The van der Waals surface area contributed by atoms with Crippen LogP contribution >= 0.6 is 15.9 Å². The molecular formula is C12H12BrFN2. The van der Waals surface area contributed by atoms with Crippen LogP contribution in [-0.2, 0) is 12.7 Å². The summed E-state index contributed by atoms with van der Waals surface area (Å²) in [7, 11) is 1.79. The van der Waals surface area contributed by atoms with Gasteiger partial charge >= 0.3 is 0 Å². The highest BCUT2D eigenvalue weighted by molar-refractivity contribution is 9.10. The second-order valence-corrected chi connectivity index (χ2v) is 4.79. The Morgan fingerprint density at radius 2 is 2.19 bits per heavy atom. The molecular weight excluding hydrogens is 271 g/mol. The molecule has 0 amide bonds. The minimum atomic E-state index is -1.58. The molecule has 0 saturated carbocycles. The number of hydrogen-bond acceptors (Lipinski definition) is 1.